The van der Waals surface area contributed by atoms with Gasteiger partial charge < -0.3 is 16.2 Å². The summed E-state index contributed by atoms with van der Waals surface area (Å²) in [4.78, 5) is 49.7. The van der Waals surface area contributed by atoms with Crippen molar-refractivity contribution in [1.29, 1.82) is 0 Å². The highest BCUT2D eigenvalue weighted by atomic mass is 16.3. The summed E-state index contributed by atoms with van der Waals surface area (Å²) in [5.74, 6) is -2.85. The van der Waals surface area contributed by atoms with Crippen molar-refractivity contribution in [3.05, 3.63) is 29.3 Å². The third-order valence-corrected chi connectivity index (χ3v) is 4.02. The van der Waals surface area contributed by atoms with E-state index in [4.69, 9.17) is 5.73 Å². The van der Waals surface area contributed by atoms with Gasteiger partial charge in [0.1, 0.15) is 5.54 Å². The molecule has 0 saturated carbocycles. The van der Waals surface area contributed by atoms with E-state index in [0.29, 0.717) is 0 Å². The zero-order valence-corrected chi connectivity index (χ0v) is 11.6. The monoisotopic (exact) mass is 303 g/mol. The molecular formula is C14H13N3O5. The minimum atomic E-state index is -1.70. The molecule has 0 spiro atoms. The maximum absolute atomic E-state index is 12.5. The molecule has 0 radical (unpaired) electrons. The van der Waals surface area contributed by atoms with Crippen molar-refractivity contribution < 1.29 is 24.3 Å². The molecule has 22 heavy (non-hydrogen) atoms. The van der Waals surface area contributed by atoms with Gasteiger partial charge in [-0.25, -0.2) is 0 Å². The standard InChI is InChI=1S/C14H13N3O5/c1-14(5-8(18)10(19)16-13(14)22)17-11(20)6-3-2-4-7(15)9(6)12(17)21/h2-4,10,19H,5,15H2,1H3,(H,16,22). The summed E-state index contributed by atoms with van der Waals surface area (Å²) in [6, 6.07) is 4.44. The van der Waals surface area contributed by atoms with Gasteiger partial charge >= 0.3 is 0 Å². The number of carbonyl (C=O) groups excluding carboxylic acids is 4. The second kappa shape index (κ2) is 4.38. The van der Waals surface area contributed by atoms with E-state index in [1.165, 1.54) is 25.1 Å². The van der Waals surface area contributed by atoms with Crippen LogP contribution in [0.5, 0.6) is 0 Å². The van der Waals surface area contributed by atoms with Crippen LogP contribution in [0.3, 0.4) is 0 Å². The number of benzene rings is 1. The van der Waals surface area contributed by atoms with E-state index in [1.54, 1.807) is 0 Å². The number of imide groups is 1. The topological polar surface area (TPSA) is 130 Å². The number of carbonyl (C=O) groups is 4. The number of amides is 3. The second-order valence-electron chi connectivity index (χ2n) is 5.51. The van der Waals surface area contributed by atoms with Crippen molar-refractivity contribution in [3.8, 4) is 0 Å². The molecule has 114 valence electrons. The van der Waals surface area contributed by atoms with Crippen molar-refractivity contribution in [2.75, 3.05) is 5.73 Å². The van der Waals surface area contributed by atoms with Gasteiger partial charge in [-0.1, -0.05) is 6.07 Å². The molecule has 1 saturated heterocycles. The number of fused-ring (bicyclic) bond motifs is 1. The average Bonchev–Trinajstić information content (AvgIpc) is 2.70. The number of nitrogens with two attached hydrogens (primary N) is 1. The first-order valence-corrected chi connectivity index (χ1v) is 6.56. The van der Waals surface area contributed by atoms with Gasteiger partial charge in [-0.2, -0.15) is 0 Å². The SMILES string of the molecule is CC1(N2C(=O)c3cccc(N)c3C2=O)CC(=O)C(O)NC1=O. The summed E-state index contributed by atoms with van der Waals surface area (Å²) in [5, 5.41) is 11.5. The molecule has 0 aliphatic carbocycles. The fourth-order valence-electron chi connectivity index (χ4n) is 2.82. The van der Waals surface area contributed by atoms with Crippen molar-refractivity contribution in [1.82, 2.24) is 10.2 Å². The highest BCUT2D eigenvalue weighted by molar-refractivity contribution is 6.26. The van der Waals surface area contributed by atoms with Gasteiger partial charge in [0.2, 0.25) is 5.91 Å². The van der Waals surface area contributed by atoms with Crippen molar-refractivity contribution in [3.63, 3.8) is 0 Å². The summed E-state index contributed by atoms with van der Waals surface area (Å²) < 4.78 is 0. The van der Waals surface area contributed by atoms with Gasteiger partial charge in [0.05, 0.1) is 11.1 Å². The number of Topliss-reactive ketones (excluding diaryl/α,β-unsaturated/α-hetero) is 1. The summed E-state index contributed by atoms with van der Waals surface area (Å²) in [7, 11) is 0. The third kappa shape index (κ3) is 1.67. The zero-order valence-electron chi connectivity index (χ0n) is 11.6. The summed E-state index contributed by atoms with van der Waals surface area (Å²) >= 11 is 0. The molecule has 1 aromatic rings. The highest BCUT2D eigenvalue weighted by Crippen LogP contribution is 2.35. The van der Waals surface area contributed by atoms with E-state index in [2.05, 4.69) is 5.32 Å². The number of nitrogens with zero attached hydrogens (tertiary/aromatic N) is 1. The number of ketones is 1. The van der Waals surface area contributed by atoms with E-state index < -0.39 is 41.7 Å². The summed E-state index contributed by atoms with van der Waals surface area (Å²) in [5.41, 5.74) is 4.29. The van der Waals surface area contributed by atoms with E-state index in [9.17, 15) is 24.3 Å². The molecule has 3 amide bonds. The molecule has 1 aromatic carbocycles. The van der Waals surface area contributed by atoms with Crippen LogP contribution in [0.25, 0.3) is 0 Å². The third-order valence-electron chi connectivity index (χ3n) is 4.02. The zero-order chi connectivity index (χ0) is 16.2. The lowest BCUT2D eigenvalue weighted by Crippen LogP contribution is -2.66. The number of nitrogens with one attached hydrogen (secondary N) is 1. The van der Waals surface area contributed by atoms with Crippen LogP contribution in [0.4, 0.5) is 5.69 Å². The van der Waals surface area contributed by atoms with Crippen LogP contribution in [0.2, 0.25) is 0 Å². The van der Waals surface area contributed by atoms with Crippen LogP contribution in [0.15, 0.2) is 18.2 Å². The predicted octanol–water partition coefficient (Wildman–Crippen LogP) is -0.969. The fourth-order valence-corrected chi connectivity index (χ4v) is 2.82. The molecule has 3 rings (SSSR count). The van der Waals surface area contributed by atoms with Crippen molar-refractivity contribution in [2.24, 2.45) is 0 Å². The van der Waals surface area contributed by atoms with Crippen LogP contribution in [-0.2, 0) is 9.59 Å². The lowest BCUT2D eigenvalue weighted by Gasteiger charge is -2.39. The molecule has 2 atom stereocenters. The molecule has 2 aliphatic rings. The molecular weight excluding hydrogens is 290 g/mol. The first-order chi connectivity index (χ1) is 10.3. The number of nitrogen functional groups attached to an aromatic ring is 1. The van der Waals surface area contributed by atoms with E-state index in [0.717, 1.165) is 4.90 Å². The Morgan fingerprint density at radius 3 is 2.59 bits per heavy atom. The first-order valence-electron chi connectivity index (χ1n) is 6.56. The number of piperidine rings is 1. The Bertz CT molecular complexity index is 744. The molecule has 8 nitrogen and oxygen atoms in total. The largest absolute Gasteiger partial charge is 0.398 e. The quantitative estimate of drug-likeness (QED) is 0.452. The number of aliphatic hydroxyl groups excluding tert-OH is 1. The minimum absolute atomic E-state index is 0.0279. The van der Waals surface area contributed by atoms with Crippen molar-refractivity contribution >= 4 is 29.2 Å². The number of hydrogen-bond donors (Lipinski definition) is 3. The maximum atomic E-state index is 12.5. The van der Waals surface area contributed by atoms with Crippen LogP contribution < -0.4 is 11.1 Å². The molecule has 2 unspecified atom stereocenters. The Balaban J connectivity index is 2.09. The van der Waals surface area contributed by atoms with Gasteiger partial charge in [-0.15, -0.1) is 0 Å². The Morgan fingerprint density at radius 2 is 1.95 bits per heavy atom. The normalized spacial score (nSPS) is 27.9. The smallest absolute Gasteiger partial charge is 0.264 e. The molecule has 4 N–H and O–H groups in total. The number of anilines is 1. The Labute approximate surface area is 124 Å². The fraction of sp³-hybridized carbons (Fsp3) is 0.286. The minimum Gasteiger partial charge on any atom is -0.398 e. The van der Waals surface area contributed by atoms with Crippen LogP contribution >= 0.6 is 0 Å². The Morgan fingerprint density at radius 1 is 1.27 bits per heavy atom. The van der Waals surface area contributed by atoms with Crippen molar-refractivity contribution in [2.45, 2.75) is 25.1 Å². The van der Waals surface area contributed by atoms with Gasteiger partial charge in [0, 0.05) is 12.1 Å². The molecule has 1 fully saturated rings. The lowest BCUT2D eigenvalue weighted by atomic mass is 9.88. The highest BCUT2D eigenvalue weighted by Gasteiger charge is 2.55. The molecule has 2 aliphatic heterocycles. The first kappa shape index (κ1) is 14.2. The van der Waals surface area contributed by atoms with Gasteiger partial charge in [0.15, 0.2) is 12.0 Å². The van der Waals surface area contributed by atoms with Crippen LogP contribution in [0.1, 0.15) is 34.1 Å². The molecule has 0 bridgehead atoms. The van der Waals surface area contributed by atoms with E-state index >= 15 is 0 Å². The van der Waals surface area contributed by atoms with Crippen LogP contribution in [-0.4, -0.2) is 45.3 Å². The van der Waals surface area contributed by atoms with E-state index in [-0.39, 0.29) is 16.8 Å². The molecule has 0 aromatic heterocycles. The lowest BCUT2D eigenvalue weighted by molar-refractivity contribution is -0.149. The number of hydrogen-bond acceptors (Lipinski definition) is 6. The van der Waals surface area contributed by atoms with Gasteiger partial charge in [0.25, 0.3) is 11.8 Å². The summed E-state index contributed by atoms with van der Waals surface area (Å²) in [6.45, 7) is 1.31. The van der Waals surface area contributed by atoms with E-state index in [1.807, 2.05) is 0 Å². The van der Waals surface area contributed by atoms with Gasteiger partial charge in [-0.3, -0.25) is 24.1 Å². The molecule has 2 heterocycles. The van der Waals surface area contributed by atoms with Gasteiger partial charge in [-0.05, 0) is 19.1 Å². The number of rotatable bonds is 1. The average molecular weight is 303 g/mol. The predicted molar refractivity (Wildman–Crippen MR) is 73.5 cm³/mol. The number of aliphatic hydroxyl groups is 1. The maximum Gasteiger partial charge on any atom is 0.264 e. The Hall–Kier alpha value is -2.74. The Kier molecular flexibility index (Phi) is 2.83. The molecule has 8 heteroatoms. The van der Waals surface area contributed by atoms with Crippen LogP contribution in [0, 0.1) is 0 Å². The summed E-state index contributed by atoms with van der Waals surface area (Å²) in [6.07, 6.45) is -2.08. The second-order valence-corrected chi connectivity index (χ2v) is 5.51.